The van der Waals surface area contributed by atoms with E-state index in [1.54, 1.807) is 12.3 Å². The van der Waals surface area contributed by atoms with Crippen molar-refractivity contribution < 1.29 is 9.53 Å². The number of carbonyl (C=O) groups excluding carboxylic acids is 1. The smallest absolute Gasteiger partial charge is 0.251 e. The van der Waals surface area contributed by atoms with Crippen molar-refractivity contribution in [1.82, 2.24) is 10.3 Å². The molecule has 1 aliphatic rings. The van der Waals surface area contributed by atoms with Gasteiger partial charge in [-0.2, -0.15) is 10.2 Å². The number of hydrogen-bond acceptors (Lipinski definition) is 5. The Morgan fingerprint density at radius 3 is 2.74 bits per heavy atom. The van der Waals surface area contributed by atoms with Gasteiger partial charge in [-0.05, 0) is 50.1 Å². The van der Waals surface area contributed by atoms with Crippen LogP contribution in [0, 0.1) is 0 Å². The summed E-state index contributed by atoms with van der Waals surface area (Å²) in [5.41, 5.74) is 4.03. The molecular formula is C24H23ClN4O2. The lowest BCUT2D eigenvalue weighted by atomic mass is 10.1. The summed E-state index contributed by atoms with van der Waals surface area (Å²) in [6.07, 6.45) is 4.27. The number of ether oxygens (including phenoxy) is 1. The van der Waals surface area contributed by atoms with E-state index in [-0.39, 0.29) is 5.91 Å². The van der Waals surface area contributed by atoms with Crippen LogP contribution in [-0.4, -0.2) is 36.0 Å². The van der Waals surface area contributed by atoms with E-state index in [1.165, 1.54) is 0 Å². The van der Waals surface area contributed by atoms with Gasteiger partial charge in [0.15, 0.2) is 0 Å². The van der Waals surface area contributed by atoms with Crippen LogP contribution in [0.1, 0.15) is 36.5 Å². The van der Waals surface area contributed by atoms with Crippen molar-refractivity contribution in [3.63, 3.8) is 0 Å². The maximum Gasteiger partial charge on any atom is 0.251 e. The van der Waals surface area contributed by atoms with Gasteiger partial charge in [0, 0.05) is 52.5 Å². The summed E-state index contributed by atoms with van der Waals surface area (Å²) in [5, 5.41) is 12.4. The van der Waals surface area contributed by atoms with Crippen LogP contribution >= 0.6 is 11.6 Å². The lowest BCUT2D eigenvalue weighted by molar-refractivity contribution is 0.0953. The van der Waals surface area contributed by atoms with Crippen molar-refractivity contribution in [3.8, 4) is 17.0 Å². The third-order valence-corrected chi connectivity index (χ3v) is 5.26. The molecule has 2 aromatic carbocycles. The fraction of sp³-hybridized carbons (Fsp3) is 0.250. The Labute approximate surface area is 186 Å². The first-order valence-corrected chi connectivity index (χ1v) is 10.7. The Hall–Kier alpha value is -3.25. The van der Waals surface area contributed by atoms with Gasteiger partial charge in [-0.3, -0.25) is 4.79 Å². The third-order valence-electron chi connectivity index (χ3n) is 5.01. The minimum atomic E-state index is -0.122. The van der Waals surface area contributed by atoms with E-state index in [0.717, 1.165) is 47.4 Å². The molecule has 3 aromatic rings. The topological polar surface area (TPSA) is 75.9 Å². The molecule has 0 fully saturated rings. The summed E-state index contributed by atoms with van der Waals surface area (Å²) < 4.78 is 5.85. The molecule has 0 unspecified atom stereocenters. The largest absolute Gasteiger partial charge is 0.493 e. The average molecular weight is 435 g/mol. The molecule has 1 aromatic heterocycles. The van der Waals surface area contributed by atoms with Crippen molar-refractivity contribution in [2.45, 2.75) is 26.2 Å². The number of rotatable bonds is 8. The second-order valence-corrected chi connectivity index (χ2v) is 7.64. The van der Waals surface area contributed by atoms with E-state index < -0.39 is 0 Å². The molecule has 0 saturated heterocycles. The molecule has 0 bridgehead atoms. The average Bonchev–Trinajstić information content (AvgIpc) is 3.30. The van der Waals surface area contributed by atoms with Crippen molar-refractivity contribution in [3.05, 3.63) is 59.1 Å². The van der Waals surface area contributed by atoms with Gasteiger partial charge in [-0.25, -0.2) is 4.98 Å². The molecular weight excluding hydrogens is 412 g/mol. The number of carbonyl (C=O) groups is 1. The van der Waals surface area contributed by atoms with Gasteiger partial charge in [0.2, 0.25) is 0 Å². The lowest BCUT2D eigenvalue weighted by Crippen LogP contribution is -2.24. The Balaban J connectivity index is 1.54. The first-order valence-electron chi connectivity index (χ1n) is 10.3. The number of nitrogens with zero attached hydrogens (tertiary/aromatic N) is 3. The molecule has 4 rings (SSSR count). The molecule has 6 nitrogen and oxygen atoms in total. The molecule has 1 aliphatic heterocycles. The van der Waals surface area contributed by atoms with Gasteiger partial charge < -0.3 is 10.1 Å². The van der Waals surface area contributed by atoms with E-state index in [1.807, 2.05) is 49.4 Å². The van der Waals surface area contributed by atoms with E-state index in [2.05, 4.69) is 15.5 Å². The predicted octanol–water partition coefficient (Wildman–Crippen LogP) is 5.29. The van der Waals surface area contributed by atoms with Crippen molar-refractivity contribution in [2.24, 2.45) is 10.2 Å². The number of fused-ring (bicyclic) bond motifs is 1. The van der Waals surface area contributed by atoms with Gasteiger partial charge in [0.25, 0.3) is 5.91 Å². The molecule has 7 heteroatoms. The number of pyridine rings is 1. The molecule has 0 aliphatic carbocycles. The molecule has 31 heavy (non-hydrogen) atoms. The second kappa shape index (κ2) is 9.71. The van der Waals surface area contributed by atoms with Gasteiger partial charge in [-0.1, -0.05) is 23.7 Å². The first kappa shape index (κ1) is 21.0. The highest BCUT2D eigenvalue weighted by Gasteiger charge is 2.13. The van der Waals surface area contributed by atoms with Gasteiger partial charge in [0.05, 0.1) is 17.8 Å². The van der Waals surface area contributed by atoms with E-state index in [0.29, 0.717) is 29.3 Å². The zero-order chi connectivity index (χ0) is 21.6. The predicted molar refractivity (Wildman–Crippen MR) is 125 cm³/mol. The molecule has 0 radical (unpaired) electrons. The van der Waals surface area contributed by atoms with Crippen LogP contribution in [0.3, 0.4) is 0 Å². The number of hydrogen-bond donors (Lipinski definition) is 1. The van der Waals surface area contributed by atoms with Gasteiger partial charge >= 0.3 is 0 Å². The molecule has 0 saturated carbocycles. The summed E-state index contributed by atoms with van der Waals surface area (Å²) in [7, 11) is 0. The van der Waals surface area contributed by atoms with Crippen molar-refractivity contribution in [2.75, 3.05) is 13.2 Å². The number of halogens is 1. The molecule has 2 heterocycles. The van der Waals surface area contributed by atoms with Crippen LogP contribution in [0.4, 0.5) is 0 Å². The standard InChI is InChI=1S/C24H23ClN4O2/c1-2-31-23-15-21(16-5-8-18(25)9-6-16)28-22-14-17(7-10-20(22)23)24(30)26-12-3-4-19-11-13-27-29-19/h5-10,13-15H,2-4,11-12H2,1H3,(H,26,30). The highest BCUT2D eigenvalue weighted by atomic mass is 35.5. The molecule has 1 N–H and O–H groups in total. The van der Waals surface area contributed by atoms with Crippen LogP contribution in [0.5, 0.6) is 5.75 Å². The van der Waals surface area contributed by atoms with Crippen LogP contribution in [0.2, 0.25) is 5.02 Å². The number of aromatic nitrogens is 1. The zero-order valence-corrected chi connectivity index (χ0v) is 18.0. The first-order chi connectivity index (χ1) is 15.1. The Morgan fingerprint density at radius 1 is 1.16 bits per heavy atom. The minimum Gasteiger partial charge on any atom is -0.493 e. The minimum absolute atomic E-state index is 0.122. The normalized spacial score (nSPS) is 12.8. The number of nitrogens with one attached hydrogen (secondary N) is 1. The molecule has 158 valence electrons. The fourth-order valence-electron chi connectivity index (χ4n) is 3.44. The van der Waals surface area contributed by atoms with E-state index in [9.17, 15) is 4.79 Å². The van der Waals surface area contributed by atoms with Gasteiger partial charge in [0.1, 0.15) is 5.75 Å². The second-order valence-electron chi connectivity index (χ2n) is 7.21. The quantitative estimate of drug-likeness (QED) is 0.489. The van der Waals surface area contributed by atoms with Crippen LogP contribution in [0.15, 0.2) is 58.7 Å². The summed E-state index contributed by atoms with van der Waals surface area (Å²) in [6, 6.07) is 14.9. The van der Waals surface area contributed by atoms with E-state index in [4.69, 9.17) is 21.3 Å². The third kappa shape index (κ3) is 5.09. The molecule has 0 spiro atoms. The maximum atomic E-state index is 12.6. The highest BCUT2D eigenvalue weighted by Crippen LogP contribution is 2.31. The summed E-state index contributed by atoms with van der Waals surface area (Å²) in [6.45, 7) is 3.06. The van der Waals surface area contributed by atoms with Crippen molar-refractivity contribution >= 4 is 40.3 Å². The summed E-state index contributed by atoms with van der Waals surface area (Å²) in [4.78, 5) is 17.4. The zero-order valence-electron chi connectivity index (χ0n) is 17.3. The SMILES string of the molecule is CCOc1cc(-c2ccc(Cl)cc2)nc2cc(C(=O)NCCCC3=NN=CC3)ccc12. The van der Waals surface area contributed by atoms with Crippen LogP contribution in [-0.2, 0) is 0 Å². The Bertz CT molecular complexity index is 1160. The monoisotopic (exact) mass is 434 g/mol. The fourth-order valence-corrected chi connectivity index (χ4v) is 3.57. The van der Waals surface area contributed by atoms with Gasteiger partial charge in [-0.15, -0.1) is 0 Å². The van der Waals surface area contributed by atoms with Crippen LogP contribution < -0.4 is 10.1 Å². The number of benzene rings is 2. The molecule has 1 amide bonds. The Morgan fingerprint density at radius 2 is 2.00 bits per heavy atom. The summed E-state index contributed by atoms with van der Waals surface area (Å²) >= 11 is 6.02. The van der Waals surface area contributed by atoms with E-state index >= 15 is 0 Å². The lowest BCUT2D eigenvalue weighted by Gasteiger charge is -2.12. The maximum absolute atomic E-state index is 12.6. The van der Waals surface area contributed by atoms with Crippen LogP contribution in [0.25, 0.3) is 22.2 Å². The number of amides is 1. The molecule has 0 atom stereocenters. The van der Waals surface area contributed by atoms with Crippen molar-refractivity contribution in [1.29, 1.82) is 0 Å². The Kier molecular flexibility index (Phi) is 6.57. The highest BCUT2D eigenvalue weighted by molar-refractivity contribution is 6.30. The summed E-state index contributed by atoms with van der Waals surface area (Å²) in [5.74, 6) is 0.618.